The van der Waals surface area contributed by atoms with E-state index in [0.29, 0.717) is 18.3 Å². The van der Waals surface area contributed by atoms with Gasteiger partial charge < -0.3 is 19.7 Å². The summed E-state index contributed by atoms with van der Waals surface area (Å²) in [6.07, 6.45) is 0.758. The molecular formula is C14H19N3O3. The fourth-order valence-corrected chi connectivity index (χ4v) is 1.69. The maximum Gasteiger partial charge on any atom is 0.246 e. The van der Waals surface area contributed by atoms with Gasteiger partial charge in [0.25, 0.3) is 0 Å². The molecule has 2 N–H and O–H groups in total. The van der Waals surface area contributed by atoms with Gasteiger partial charge in [0.1, 0.15) is 11.4 Å². The minimum absolute atomic E-state index is 0.231. The predicted octanol–water partition coefficient (Wildman–Crippen LogP) is 2.66. The molecule has 0 saturated carbocycles. The minimum atomic E-state index is -0.527. The van der Waals surface area contributed by atoms with E-state index in [2.05, 4.69) is 15.5 Å². The second-order valence-electron chi connectivity index (χ2n) is 4.70. The molecule has 0 saturated heterocycles. The van der Waals surface area contributed by atoms with Crippen LogP contribution in [0, 0.1) is 0 Å². The van der Waals surface area contributed by atoms with Crippen molar-refractivity contribution in [2.24, 2.45) is 0 Å². The number of hydrogen-bond donors (Lipinski definition) is 2. The number of anilines is 1. The fraction of sp³-hybridized carbons (Fsp3) is 0.429. The first kappa shape index (κ1) is 14.3. The summed E-state index contributed by atoms with van der Waals surface area (Å²) in [6.45, 7) is 4.35. The van der Waals surface area contributed by atoms with Crippen molar-refractivity contribution < 1.29 is 14.4 Å². The first-order valence-electron chi connectivity index (χ1n) is 6.48. The standard InChI is InChI=1S/C14H19N3O3/c1-4-14(2,19-3)13-16-12(20-17-13)9-15-10-5-7-11(18)8-6-10/h5-8,15,18H,4,9H2,1-3H3. The van der Waals surface area contributed by atoms with Crippen molar-refractivity contribution in [3.05, 3.63) is 36.0 Å². The molecule has 0 aliphatic rings. The molecule has 2 aromatic rings. The predicted molar refractivity (Wildman–Crippen MR) is 74.4 cm³/mol. The average molecular weight is 277 g/mol. The van der Waals surface area contributed by atoms with Gasteiger partial charge in [0.15, 0.2) is 0 Å². The van der Waals surface area contributed by atoms with Crippen molar-refractivity contribution in [3.63, 3.8) is 0 Å². The first-order chi connectivity index (χ1) is 9.57. The number of aromatic hydroxyl groups is 1. The highest BCUT2D eigenvalue weighted by Crippen LogP contribution is 2.25. The van der Waals surface area contributed by atoms with E-state index in [1.54, 1.807) is 31.4 Å². The summed E-state index contributed by atoms with van der Waals surface area (Å²) in [5.41, 5.74) is 0.341. The number of nitrogens with zero attached hydrogens (tertiary/aromatic N) is 2. The van der Waals surface area contributed by atoms with E-state index in [4.69, 9.17) is 9.26 Å². The van der Waals surface area contributed by atoms with E-state index in [1.807, 2.05) is 13.8 Å². The highest BCUT2D eigenvalue weighted by atomic mass is 16.5. The third-order valence-electron chi connectivity index (χ3n) is 3.38. The second-order valence-corrected chi connectivity index (χ2v) is 4.70. The molecule has 6 nitrogen and oxygen atoms in total. The molecule has 0 radical (unpaired) electrons. The molecule has 1 atom stereocenters. The highest BCUT2D eigenvalue weighted by Gasteiger charge is 2.29. The number of aromatic nitrogens is 2. The summed E-state index contributed by atoms with van der Waals surface area (Å²) in [7, 11) is 1.63. The molecule has 108 valence electrons. The van der Waals surface area contributed by atoms with Crippen LogP contribution in [0.15, 0.2) is 28.8 Å². The molecular weight excluding hydrogens is 258 g/mol. The Labute approximate surface area is 117 Å². The lowest BCUT2D eigenvalue weighted by Gasteiger charge is -2.21. The number of phenolic OH excluding ortho intramolecular Hbond substituents is 1. The molecule has 0 spiro atoms. The summed E-state index contributed by atoms with van der Waals surface area (Å²) < 4.78 is 10.6. The zero-order valence-electron chi connectivity index (χ0n) is 11.9. The van der Waals surface area contributed by atoms with Crippen LogP contribution in [0.3, 0.4) is 0 Å². The lowest BCUT2D eigenvalue weighted by Crippen LogP contribution is -2.24. The molecule has 0 aliphatic heterocycles. The summed E-state index contributed by atoms with van der Waals surface area (Å²) in [4.78, 5) is 4.34. The van der Waals surface area contributed by atoms with Crippen LogP contribution in [0.5, 0.6) is 5.75 Å². The number of nitrogens with one attached hydrogen (secondary N) is 1. The Kier molecular flexibility index (Phi) is 4.24. The molecule has 0 amide bonds. The largest absolute Gasteiger partial charge is 0.508 e. The Bertz CT molecular complexity index is 547. The maximum absolute atomic E-state index is 9.21. The SMILES string of the molecule is CCC(C)(OC)c1noc(CNc2ccc(O)cc2)n1. The summed E-state index contributed by atoms with van der Waals surface area (Å²) in [6, 6.07) is 6.77. The van der Waals surface area contributed by atoms with Crippen LogP contribution < -0.4 is 5.32 Å². The van der Waals surface area contributed by atoms with Crippen LogP contribution in [0.4, 0.5) is 5.69 Å². The van der Waals surface area contributed by atoms with Crippen LogP contribution in [0.25, 0.3) is 0 Å². The smallest absolute Gasteiger partial charge is 0.246 e. The monoisotopic (exact) mass is 277 g/mol. The van der Waals surface area contributed by atoms with E-state index < -0.39 is 5.60 Å². The van der Waals surface area contributed by atoms with Crippen molar-refractivity contribution in [3.8, 4) is 5.75 Å². The number of rotatable bonds is 6. The summed E-state index contributed by atoms with van der Waals surface area (Å²) in [5.74, 6) is 1.27. The van der Waals surface area contributed by atoms with Crippen molar-refractivity contribution in [2.45, 2.75) is 32.4 Å². The Hall–Kier alpha value is -2.08. The zero-order valence-corrected chi connectivity index (χ0v) is 11.9. The van der Waals surface area contributed by atoms with E-state index in [-0.39, 0.29) is 5.75 Å². The lowest BCUT2D eigenvalue weighted by molar-refractivity contribution is -0.0106. The second kappa shape index (κ2) is 5.92. The molecule has 6 heteroatoms. The van der Waals surface area contributed by atoms with Crippen LogP contribution in [-0.4, -0.2) is 22.4 Å². The molecule has 20 heavy (non-hydrogen) atoms. The van der Waals surface area contributed by atoms with Gasteiger partial charge in [0.2, 0.25) is 11.7 Å². The van der Waals surface area contributed by atoms with Crippen LogP contribution >= 0.6 is 0 Å². The maximum atomic E-state index is 9.21. The van der Waals surface area contributed by atoms with Gasteiger partial charge in [-0.3, -0.25) is 0 Å². The van der Waals surface area contributed by atoms with Crippen molar-refractivity contribution in [2.75, 3.05) is 12.4 Å². The zero-order chi connectivity index (χ0) is 14.6. The minimum Gasteiger partial charge on any atom is -0.508 e. The van der Waals surface area contributed by atoms with Crippen molar-refractivity contribution in [1.82, 2.24) is 10.1 Å². The van der Waals surface area contributed by atoms with Gasteiger partial charge in [-0.2, -0.15) is 4.98 Å². The third kappa shape index (κ3) is 3.08. The molecule has 1 unspecified atom stereocenters. The number of ether oxygens (including phenoxy) is 1. The lowest BCUT2D eigenvalue weighted by atomic mass is 10.0. The third-order valence-corrected chi connectivity index (χ3v) is 3.38. The van der Waals surface area contributed by atoms with Crippen LogP contribution in [0.2, 0.25) is 0 Å². The Morgan fingerprint density at radius 1 is 1.35 bits per heavy atom. The normalized spacial score (nSPS) is 13.9. The summed E-state index contributed by atoms with van der Waals surface area (Å²) >= 11 is 0. The molecule has 0 fully saturated rings. The van der Waals surface area contributed by atoms with Gasteiger partial charge in [-0.25, -0.2) is 0 Å². The first-order valence-corrected chi connectivity index (χ1v) is 6.48. The highest BCUT2D eigenvalue weighted by molar-refractivity contribution is 5.45. The van der Waals surface area contributed by atoms with Gasteiger partial charge in [-0.15, -0.1) is 0 Å². The average Bonchev–Trinajstić information content (AvgIpc) is 2.95. The number of methoxy groups -OCH3 is 1. The number of benzene rings is 1. The number of hydrogen-bond acceptors (Lipinski definition) is 6. The van der Waals surface area contributed by atoms with Gasteiger partial charge in [-0.05, 0) is 37.6 Å². The summed E-state index contributed by atoms with van der Waals surface area (Å²) in [5, 5.41) is 16.3. The fourth-order valence-electron chi connectivity index (χ4n) is 1.69. The molecule has 1 aromatic heterocycles. The van der Waals surface area contributed by atoms with Gasteiger partial charge >= 0.3 is 0 Å². The Morgan fingerprint density at radius 3 is 2.65 bits per heavy atom. The van der Waals surface area contributed by atoms with Gasteiger partial charge in [0.05, 0.1) is 6.54 Å². The molecule has 1 heterocycles. The van der Waals surface area contributed by atoms with E-state index >= 15 is 0 Å². The number of phenols is 1. The Morgan fingerprint density at radius 2 is 2.05 bits per heavy atom. The van der Waals surface area contributed by atoms with Crippen LogP contribution in [0.1, 0.15) is 32.0 Å². The van der Waals surface area contributed by atoms with Crippen molar-refractivity contribution in [1.29, 1.82) is 0 Å². The Balaban J connectivity index is 2.01. The van der Waals surface area contributed by atoms with E-state index in [0.717, 1.165) is 12.1 Å². The quantitative estimate of drug-likeness (QED) is 0.790. The topological polar surface area (TPSA) is 80.4 Å². The van der Waals surface area contributed by atoms with Gasteiger partial charge in [0, 0.05) is 12.8 Å². The molecule has 1 aromatic carbocycles. The molecule has 0 bridgehead atoms. The molecule has 2 rings (SSSR count). The van der Waals surface area contributed by atoms with Crippen LogP contribution in [-0.2, 0) is 16.9 Å². The van der Waals surface area contributed by atoms with Crippen molar-refractivity contribution >= 4 is 5.69 Å². The van der Waals surface area contributed by atoms with E-state index in [1.165, 1.54) is 0 Å². The molecule has 0 aliphatic carbocycles. The van der Waals surface area contributed by atoms with E-state index in [9.17, 15) is 5.11 Å². The van der Waals surface area contributed by atoms with Gasteiger partial charge in [-0.1, -0.05) is 12.1 Å².